The first kappa shape index (κ1) is 10.2. The fourth-order valence-electron chi connectivity index (χ4n) is 2.25. The summed E-state index contributed by atoms with van der Waals surface area (Å²) in [5.74, 6) is 0. The number of aromatic nitrogens is 1. The van der Waals surface area contributed by atoms with Gasteiger partial charge in [-0.05, 0) is 24.6 Å². The molecule has 1 fully saturated rings. The Labute approximate surface area is 91.4 Å². The van der Waals surface area contributed by atoms with Gasteiger partial charge in [0.2, 0.25) is 0 Å². The first-order valence-corrected chi connectivity index (χ1v) is 8.43. The van der Waals surface area contributed by atoms with Gasteiger partial charge in [-0.3, -0.25) is 0 Å². The minimum atomic E-state index is -1.32. The molecule has 1 saturated heterocycles. The zero-order valence-electron chi connectivity index (χ0n) is 9.20. The maximum atomic E-state index is 9.03. The third-order valence-corrected chi connectivity index (χ3v) is 6.59. The van der Waals surface area contributed by atoms with Crippen LogP contribution in [0.15, 0.2) is 18.3 Å². The van der Waals surface area contributed by atoms with Crippen molar-refractivity contribution in [2.45, 2.75) is 25.6 Å². The molecule has 1 aromatic heterocycles. The second-order valence-corrected chi connectivity index (χ2v) is 9.22. The molecular formula is C11H15N3Si. The van der Waals surface area contributed by atoms with Crippen LogP contribution in [-0.4, -0.2) is 19.8 Å². The highest BCUT2D eigenvalue weighted by Gasteiger charge is 2.35. The van der Waals surface area contributed by atoms with Gasteiger partial charge in [0, 0.05) is 12.7 Å². The number of hydrogen-bond donors (Lipinski definition) is 0. The lowest BCUT2D eigenvalue weighted by atomic mass is 10.3. The Morgan fingerprint density at radius 2 is 2.33 bits per heavy atom. The molecule has 4 heteroatoms. The fraction of sp³-hybridized carbons (Fsp3) is 0.455. The Hall–Kier alpha value is -1.34. The Balaban J connectivity index is 2.42. The number of nitriles is 1. The van der Waals surface area contributed by atoms with Gasteiger partial charge in [0.05, 0.1) is 5.69 Å². The van der Waals surface area contributed by atoms with Crippen molar-refractivity contribution in [2.75, 3.05) is 11.1 Å². The van der Waals surface area contributed by atoms with Crippen LogP contribution in [0.3, 0.4) is 0 Å². The normalized spacial score (nSPS) is 18.9. The number of rotatable bonds is 1. The van der Waals surface area contributed by atoms with Gasteiger partial charge < -0.3 is 4.57 Å². The summed E-state index contributed by atoms with van der Waals surface area (Å²) in [5.41, 5.74) is 1.61. The monoisotopic (exact) mass is 217 g/mol. The molecule has 3 nitrogen and oxygen atoms in total. The molecule has 15 heavy (non-hydrogen) atoms. The minimum Gasteiger partial charge on any atom is -0.395 e. The molecule has 1 aromatic rings. The molecule has 0 N–H and O–H groups in total. The SMILES string of the molecule is C[Si]1(C)CCCN1c1cccnc1C#N. The average Bonchev–Trinajstić information content (AvgIpc) is 2.58. The molecule has 0 unspecified atom stereocenters. The molecule has 1 aliphatic heterocycles. The quantitative estimate of drug-likeness (QED) is 0.678. The lowest BCUT2D eigenvalue weighted by Crippen LogP contribution is -2.43. The van der Waals surface area contributed by atoms with Crippen molar-refractivity contribution in [1.29, 1.82) is 5.26 Å². The highest BCUT2D eigenvalue weighted by molar-refractivity contribution is 6.81. The van der Waals surface area contributed by atoms with Crippen molar-refractivity contribution in [3.8, 4) is 6.07 Å². The van der Waals surface area contributed by atoms with E-state index >= 15 is 0 Å². The summed E-state index contributed by atoms with van der Waals surface area (Å²) in [7, 11) is -1.32. The van der Waals surface area contributed by atoms with Gasteiger partial charge in [0.1, 0.15) is 6.07 Å². The molecule has 0 bridgehead atoms. The van der Waals surface area contributed by atoms with E-state index in [2.05, 4.69) is 28.7 Å². The van der Waals surface area contributed by atoms with Crippen LogP contribution >= 0.6 is 0 Å². The largest absolute Gasteiger partial charge is 0.395 e. The van der Waals surface area contributed by atoms with Crippen LogP contribution in [0.2, 0.25) is 19.1 Å². The third-order valence-electron chi connectivity index (χ3n) is 3.08. The molecule has 0 radical (unpaired) electrons. The van der Waals surface area contributed by atoms with Crippen molar-refractivity contribution >= 4 is 13.9 Å². The number of pyridine rings is 1. The second kappa shape index (κ2) is 3.67. The smallest absolute Gasteiger partial charge is 0.162 e. The highest BCUT2D eigenvalue weighted by atomic mass is 28.3. The predicted molar refractivity (Wildman–Crippen MR) is 63.2 cm³/mol. The zero-order valence-corrected chi connectivity index (χ0v) is 10.2. The van der Waals surface area contributed by atoms with E-state index in [0.717, 1.165) is 12.2 Å². The molecule has 0 saturated carbocycles. The van der Waals surface area contributed by atoms with E-state index < -0.39 is 8.24 Å². The summed E-state index contributed by atoms with van der Waals surface area (Å²) in [6.45, 7) is 5.79. The first-order chi connectivity index (χ1) is 7.15. The van der Waals surface area contributed by atoms with Crippen LogP contribution in [0.1, 0.15) is 12.1 Å². The van der Waals surface area contributed by atoms with Gasteiger partial charge in [-0.15, -0.1) is 0 Å². The zero-order chi connectivity index (χ0) is 10.9. The van der Waals surface area contributed by atoms with Crippen LogP contribution in [0.25, 0.3) is 0 Å². The maximum Gasteiger partial charge on any atom is 0.162 e. The Morgan fingerprint density at radius 1 is 1.53 bits per heavy atom. The van der Waals surface area contributed by atoms with E-state index in [1.54, 1.807) is 6.20 Å². The number of hydrogen-bond acceptors (Lipinski definition) is 3. The molecule has 1 aliphatic rings. The molecular weight excluding hydrogens is 202 g/mol. The Kier molecular flexibility index (Phi) is 2.49. The summed E-state index contributed by atoms with van der Waals surface area (Å²) in [5, 5.41) is 9.03. The maximum absolute atomic E-state index is 9.03. The minimum absolute atomic E-state index is 0.569. The van der Waals surface area contributed by atoms with Gasteiger partial charge in [-0.25, -0.2) is 4.98 Å². The molecule has 0 amide bonds. The van der Waals surface area contributed by atoms with E-state index in [4.69, 9.17) is 5.26 Å². The van der Waals surface area contributed by atoms with Gasteiger partial charge in [-0.2, -0.15) is 5.26 Å². The van der Waals surface area contributed by atoms with Crippen molar-refractivity contribution in [3.05, 3.63) is 24.0 Å². The molecule has 2 rings (SSSR count). The van der Waals surface area contributed by atoms with Gasteiger partial charge in [-0.1, -0.05) is 13.1 Å². The topological polar surface area (TPSA) is 39.9 Å². The predicted octanol–water partition coefficient (Wildman–Crippen LogP) is 2.37. The van der Waals surface area contributed by atoms with Crippen molar-refractivity contribution in [1.82, 2.24) is 4.98 Å². The van der Waals surface area contributed by atoms with Crippen LogP contribution in [-0.2, 0) is 0 Å². The van der Waals surface area contributed by atoms with Crippen LogP contribution < -0.4 is 4.57 Å². The second-order valence-electron chi connectivity index (χ2n) is 4.55. The summed E-state index contributed by atoms with van der Waals surface area (Å²) in [6, 6.07) is 7.43. The fourth-order valence-corrected chi connectivity index (χ4v) is 5.14. The third kappa shape index (κ3) is 1.75. The van der Waals surface area contributed by atoms with Gasteiger partial charge in [0.25, 0.3) is 0 Å². The lowest BCUT2D eigenvalue weighted by molar-refractivity contribution is 0.976. The van der Waals surface area contributed by atoms with Crippen molar-refractivity contribution < 1.29 is 0 Å². The van der Waals surface area contributed by atoms with E-state index in [0.29, 0.717) is 5.69 Å². The standard InChI is InChI=1S/C11H15N3Si/c1-15(2)8-4-7-14(15)11-5-3-6-13-10(11)9-12/h3,5-6H,4,7-8H2,1-2H3. The highest BCUT2D eigenvalue weighted by Crippen LogP contribution is 2.32. The van der Waals surface area contributed by atoms with Gasteiger partial charge >= 0.3 is 0 Å². The van der Waals surface area contributed by atoms with E-state index in [-0.39, 0.29) is 0 Å². The summed E-state index contributed by atoms with van der Waals surface area (Å²) in [6.07, 6.45) is 2.94. The average molecular weight is 217 g/mol. The van der Waals surface area contributed by atoms with Crippen molar-refractivity contribution in [3.63, 3.8) is 0 Å². The summed E-state index contributed by atoms with van der Waals surface area (Å²) < 4.78 is 2.43. The lowest BCUT2D eigenvalue weighted by Gasteiger charge is -2.32. The summed E-state index contributed by atoms with van der Waals surface area (Å²) >= 11 is 0. The van der Waals surface area contributed by atoms with Crippen LogP contribution in [0, 0.1) is 11.3 Å². The van der Waals surface area contributed by atoms with Gasteiger partial charge in [0.15, 0.2) is 13.9 Å². The van der Waals surface area contributed by atoms with Crippen LogP contribution in [0.4, 0.5) is 5.69 Å². The molecule has 78 valence electrons. The van der Waals surface area contributed by atoms with E-state index in [1.165, 1.54) is 12.5 Å². The number of anilines is 1. The molecule has 0 aliphatic carbocycles. The Morgan fingerprint density at radius 3 is 2.93 bits per heavy atom. The molecule has 0 spiro atoms. The number of nitrogens with zero attached hydrogens (tertiary/aromatic N) is 3. The molecule has 0 atom stereocenters. The first-order valence-electron chi connectivity index (χ1n) is 5.28. The molecule has 0 aromatic carbocycles. The van der Waals surface area contributed by atoms with Crippen LogP contribution in [0.5, 0.6) is 0 Å². The molecule has 2 heterocycles. The van der Waals surface area contributed by atoms with Crippen molar-refractivity contribution in [2.24, 2.45) is 0 Å². The van der Waals surface area contributed by atoms with E-state index in [1.807, 2.05) is 12.1 Å². The summed E-state index contributed by atoms with van der Waals surface area (Å²) in [4.78, 5) is 4.13. The van der Waals surface area contributed by atoms with E-state index in [9.17, 15) is 0 Å². The Bertz CT molecular complexity index is 409.